The van der Waals surface area contributed by atoms with E-state index in [1.165, 1.54) is 0 Å². The lowest BCUT2D eigenvalue weighted by molar-refractivity contribution is -0.122. The van der Waals surface area contributed by atoms with Gasteiger partial charge in [0.25, 0.3) is 0 Å². The molecule has 1 aliphatic heterocycles. The lowest BCUT2D eigenvalue weighted by atomic mass is 9.73. The van der Waals surface area contributed by atoms with E-state index < -0.39 is 5.92 Å². The van der Waals surface area contributed by atoms with Gasteiger partial charge >= 0.3 is 0 Å². The van der Waals surface area contributed by atoms with Crippen molar-refractivity contribution in [1.29, 1.82) is 0 Å². The number of aromatic hydroxyl groups is 1. The number of rotatable bonds is 4. The van der Waals surface area contributed by atoms with E-state index in [1.54, 1.807) is 25.1 Å². The van der Waals surface area contributed by atoms with Crippen LogP contribution in [0.4, 0.5) is 0 Å². The van der Waals surface area contributed by atoms with Crippen molar-refractivity contribution >= 4 is 34.9 Å². The smallest absolute Gasteiger partial charge is 0.225 e. The number of ether oxygens (including phenoxy) is 1. The largest absolute Gasteiger partial charge is 0.503 e. The fourth-order valence-corrected chi connectivity index (χ4v) is 4.84. The van der Waals surface area contributed by atoms with Crippen LogP contribution in [0.1, 0.15) is 49.1 Å². The van der Waals surface area contributed by atoms with Crippen LogP contribution in [-0.2, 0) is 9.59 Å². The zero-order valence-corrected chi connectivity index (χ0v) is 17.9. The molecule has 0 aromatic heterocycles. The summed E-state index contributed by atoms with van der Waals surface area (Å²) in [5.41, 5.74) is 2.82. The Morgan fingerprint density at radius 3 is 2.60 bits per heavy atom. The second-order valence-corrected chi connectivity index (χ2v) is 8.34. The first kappa shape index (κ1) is 20.8. The molecule has 2 aromatic carbocycles. The molecule has 0 radical (unpaired) electrons. The maximum atomic E-state index is 13.2. The maximum Gasteiger partial charge on any atom is 0.225 e. The van der Waals surface area contributed by atoms with Crippen molar-refractivity contribution < 1.29 is 19.4 Å². The van der Waals surface area contributed by atoms with Crippen molar-refractivity contribution in [2.75, 3.05) is 6.61 Å². The third kappa shape index (κ3) is 3.80. The first-order chi connectivity index (χ1) is 14.4. The van der Waals surface area contributed by atoms with E-state index in [4.69, 9.17) is 27.9 Å². The highest BCUT2D eigenvalue weighted by molar-refractivity contribution is 6.32. The third-order valence-corrected chi connectivity index (χ3v) is 6.27. The fraction of sp³-hybridized carbons (Fsp3) is 0.304. The number of nitrogens with one attached hydrogen (secondary N) is 1. The van der Waals surface area contributed by atoms with Crippen LogP contribution >= 0.6 is 23.2 Å². The Bertz CT molecular complexity index is 1060. The predicted octanol–water partition coefficient (Wildman–Crippen LogP) is 5.10. The van der Waals surface area contributed by atoms with Gasteiger partial charge in [0, 0.05) is 35.1 Å². The number of carbonyl (C=O) groups is 2. The molecule has 0 bridgehead atoms. The van der Waals surface area contributed by atoms with Crippen LogP contribution in [0.3, 0.4) is 0 Å². The van der Waals surface area contributed by atoms with E-state index in [-0.39, 0.29) is 40.6 Å². The summed E-state index contributed by atoms with van der Waals surface area (Å²) < 4.78 is 5.48. The van der Waals surface area contributed by atoms with Crippen molar-refractivity contribution in [2.24, 2.45) is 0 Å². The molecule has 7 heteroatoms. The number of carbonyl (C=O) groups excluding carboxylic acids is 2. The van der Waals surface area contributed by atoms with Crippen molar-refractivity contribution in [1.82, 2.24) is 5.32 Å². The van der Waals surface area contributed by atoms with E-state index in [2.05, 4.69) is 5.32 Å². The van der Waals surface area contributed by atoms with Crippen LogP contribution in [0.25, 0.3) is 0 Å². The molecule has 0 saturated carbocycles. The molecular weight excluding hydrogens is 425 g/mol. The summed E-state index contributed by atoms with van der Waals surface area (Å²) >= 11 is 12.5. The molecule has 0 fully saturated rings. The molecule has 2 atom stereocenters. The van der Waals surface area contributed by atoms with Gasteiger partial charge < -0.3 is 15.2 Å². The Morgan fingerprint density at radius 1 is 1.10 bits per heavy atom. The molecule has 0 spiro atoms. The van der Waals surface area contributed by atoms with Crippen LogP contribution < -0.4 is 10.1 Å². The minimum absolute atomic E-state index is 0.0201. The van der Waals surface area contributed by atoms with Crippen LogP contribution in [0.15, 0.2) is 47.7 Å². The lowest BCUT2D eigenvalue weighted by Gasteiger charge is -2.35. The number of phenols is 1. The highest BCUT2D eigenvalue weighted by Crippen LogP contribution is 2.46. The predicted molar refractivity (Wildman–Crippen MR) is 115 cm³/mol. The summed E-state index contributed by atoms with van der Waals surface area (Å²) in [7, 11) is 0. The van der Waals surface area contributed by atoms with Crippen molar-refractivity contribution in [3.63, 3.8) is 0 Å². The molecule has 0 saturated heterocycles. The lowest BCUT2D eigenvalue weighted by Crippen LogP contribution is -2.38. The molecule has 156 valence electrons. The number of amides is 1. The number of hydrogen-bond donors (Lipinski definition) is 2. The molecule has 1 amide bonds. The first-order valence-electron chi connectivity index (χ1n) is 9.84. The SMILES string of the molecule is CCOc1cc([C@@H]2CC(=O)NC3=C2C(=O)C[C@H](c2ccccc2Cl)C3)cc(Cl)c1O. The van der Waals surface area contributed by atoms with Gasteiger partial charge in [-0.1, -0.05) is 41.4 Å². The van der Waals surface area contributed by atoms with Gasteiger partial charge in [0.05, 0.1) is 11.6 Å². The van der Waals surface area contributed by atoms with Gasteiger partial charge in [-0.05, 0) is 48.6 Å². The summed E-state index contributed by atoms with van der Waals surface area (Å²) in [5, 5.41) is 13.8. The summed E-state index contributed by atoms with van der Waals surface area (Å²) in [6.45, 7) is 2.15. The Balaban J connectivity index is 1.75. The van der Waals surface area contributed by atoms with Gasteiger partial charge in [-0.25, -0.2) is 0 Å². The first-order valence-corrected chi connectivity index (χ1v) is 10.6. The van der Waals surface area contributed by atoms with Crippen LogP contribution in [0, 0.1) is 0 Å². The van der Waals surface area contributed by atoms with E-state index in [0.29, 0.717) is 41.3 Å². The van der Waals surface area contributed by atoms with Gasteiger partial charge in [-0.15, -0.1) is 0 Å². The standard InChI is InChI=1S/C23H21Cl2NO4/c1-2-30-20-10-12(7-17(25)23(20)29)15-11-21(28)26-18-8-13(9-19(27)22(15)18)14-5-3-4-6-16(14)24/h3-7,10,13,15,29H,2,8-9,11H2,1H3,(H,26,28)/t13-,15+/m1/s1. The second-order valence-electron chi connectivity index (χ2n) is 7.53. The molecule has 5 nitrogen and oxygen atoms in total. The molecule has 2 aromatic rings. The molecular formula is C23H21Cl2NO4. The topological polar surface area (TPSA) is 75.6 Å². The average Bonchev–Trinajstić information content (AvgIpc) is 2.70. The Hall–Kier alpha value is -2.50. The number of ketones is 1. The van der Waals surface area contributed by atoms with Gasteiger partial charge in [0.15, 0.2) is 17.3 Å². The number of benzene rings is 2. The molecule has 1 heterocycles. The number of phenolic OH excluding ortho intramolecular Hbond substituents is 1. The van der Waals surface area contributed by atoms with Gasteiger partial charge in [0.1, 0.15) is 0 Å². The summed E-state index contributed by atoms with van der Waals surface area (Å²) in [6, 6.07) is 10.7. The van der Waals surface area contributed by atoms with Gasteiger partial charge in [0.2, 0.25) is 5.91 Å². The van der Waals surface area contributed by atoms with E-state index in [9.17, 15) is 14.7 Å². The van der Waals surface area contributed by atoms with Gasteiger partial charge in [-0.2, -0.15) is 0 Å². The van der Waals surface area contributed by atoms with Crippen LogP contribution in [0.2, 0.25) is 10.0 Å². The van der Waals surface area contributed by atoms with Crippen molar-refractivity contribution in [2.45, 2.75) is 38.0 Å². The van der Waals surface area contributed by atoms with E-state index in [1.807, 2.05) is 18.2 Å². The molecule has 4 rings (SSSR count). The summed E-state index contributed by atoms with van der Waals surface area (Å²) in [6.07, 6.45) is 0.976. The van der Waals surface area contributed by atoms with E-state index >= 15 is 0 Å². The molecule has 0 unspecified atom stereocenters. The van der Waals surface area contributed by atoms with Crippen molar-refractivity contribution in [3.8, 4) is 11.5 Å². The Morgan fingerprint density at radius 2 is 1.87 bits per heavy atom. The number of halogens is 2. The summed E-state index contributed by atoms with van der Waals surface area (Å²) in [5.74, 6) is -0.616. The Kier molecular flexibility index (Phi) is 5.76. The highest BCUT2D eigenvalue weighted by Gasteiger charge is 2.39. The maximum absolute atomic E-state index is 13.2. The molecule has 1 aliphatic carbocycles. The quantitative estimate of drug-likeness (QED) is 0.685. The second kappa shape index (κ2) is 8.32. The fourth-order valence-electron chi connectivity index (χ4n) is 4.33. The monoisotopic (exact) mass is 445 g/mol. The summed E-state index contributed by atoms with van der Waals surface area (Å²) in [4.78, 5) is 25.7. The normalized spacial score (nSPS) is 21.3. The molecule has 2 N–H and O–H groups in total. The molecule has 2 aliphatic rings. The zero-order valence-electron chi connectivity index (χ0n) is 16.4. The third-order valence-electron chi connectivity index (χ3n) is 5.63. The minimum Gasteiger partial charge on any atom is -0.503 e. The average molecular weight is 446 g/mol. The minimum atomic E-state index is -0.439. The van der Waals surface area contributed by atoms with Crippen LogP contribution in [-0.4, -0.2) is 23.4 Å². The number of Topliss-reactive ketones (excluding diaryl/α,β-unsaturated/α-hetero) is 1. The number of hydrogen-bond acceptors (Lipinski definition) is 4. The van der Waals surface area contributed by atoms with E-state index in [0.717, 1.165) is 5.56 Å². The Labute approximate surface area is 184 Å². The zero-order chi connectivity index (χ0) is 21.4. The number of allylic oxidation sites excluding steroid dienone is 2. The highest BCUT2D eigenvalue weighted by atomic mass is 35.5. The molecule has 30 heavy (non-hydrogen) atoms. The van der Waals surface area contributed by atoms with Crippen LogP contribution in [0.5, 0.6) is 11.5 Å². The van der Waals surface area contributed by atoms with Crippen molar-refractivity contribution in [3.05, 3.63) is 68.8 Å². The van der Waals surface area contributed by atoms with Gasteiger partial charge in [-0.3, -0.25) is 9.59 Å².